The first-order valence-electron chi connectivity index (χ1n) is 6.06. The first-order chi connectivity index (χ1) is 9.34. The zero-order valence-corrected chi connectivity index (χ0v) is 12.1. The van der Waals surface area contributed by atoms with E-state index >= 15 is 0 Å². The van der Waals surface area contributed by atoms with Gasteiger partial charge in [-0.1, -0.05) is 18.2 Å². The Kier molecular flexibility index (Phi) is 5.99. The molecule has 0 atom stereocenters. The van der Waals surface area contributed by atoms with E-state index in [0.29, 0.717) is 11.6 Å². The molecule has 0 aliphatic carbocycles. The van der Waals surface area contributed by atoms with Crippen LogP contribution in [0.1, 0.15) is 19.4 Å². The average Bonchev–Trinajstić information content (AvgIpc) is 2.38. The number of hydrogen-bond acceptors (Lipinski definition) is 3. The molecular formula is C13H16F3O3P. The van der Waals surface area contributed by atoms with E-state index in [-0.39, 0.29) is 13.2 Å². The van der Waals surface area contributed by atoms with Gasteiger partial charge in [0.05, 0.1) is 13.2 Å². The quantitative estimate of drug-likeness (QED) is 0.685. The zero-order valence-electron chi connectivity index (χ0n) is 11.2. The molecule has 0 radical (unpaired) electrons. The van der Waals surface area contributed by atoms with Crippen molar-refractivity contribution in [1.29, 1.82) is 0 Å². The molecule has 0 fully saturated rings. The molecule has 0 spiro atoms. The van der Waals surface area contributed by atoms with Crippen LogP contribution in [0.5, 0.6) is 0 Å². The van der Waals surface area contributed by atoms with Gasteiger partial charge >= 0.3 is 13.3 Å². The third-order valence-electron chi connectivity index (χ3n) is 2.31. The first kappa shape index (κ1) is 17.0. The van der Waals surface area contributed by atoms with Gasteiger partial charge in [0.1, 0.15) is 5.82 Å². The van der Waals surface area contributed by atoms with E-state index in [1.807, 2.05) is 0 Å². The number of halogens is 3. The van der Waals surface area contributed by atoms with E-state index < -0.39 is 19.1 Å². The van der Waals surface area contributed by atoms with Crippen molar-refractivity contribution < 1.29 is 26.8 Å². The van der Waals surface area contributed by atoms with Crippen LogP contribution in [-0.2, 0) is 13.6 Å². The lowest BCUT2D eigenvalue weighted by Crippen LogP contribution is -2.17. The maximum atomic E-state index is 13.9. The van der Waals surface area contributed by atoms with Crippen molar-refractivity contribution in [3.8, 4) is 0 Å². The van der Waals surface area contributed by atoms with Crippen molar-refractivity contribution in [3.63, 3.8) is 0 Å². The topological polar surface area (TPSA) is 35.5 Å². The molecule has 112 valence electrons. The van der Waals surface area contributed by atoms with Crippen molar-refractivity contribution in [2.75, 3.05) is 13.2 Å². The molecule has 0 amide bonds. The van der Waals surface area contributed by atoms with Gasteiger partial charge in [-0.05, 0) is 37.6 Å². The molecule has 0 aromatic heterocycles. The van der Waals surface area contributed by atoms with Gasteiger partial charge in [-0.2, -0.15) is 8.78 Å². The van der Waals surface area contributed by atoms with E-state index in [9.17, 15) is 17.7 Å². The fraction of sp³-hybridized carbons (Fsp3) is 0.385. The molecule has 20 heavy (non-hydrogen) atoms. The zero-order chi connectivity index (χ0) is 15.2. The molecule has 0 bridgehead atoms. The molecule has 0 saturated carbocycles. The second-order valence-corrected chi connectivity index (χ2v) is 5.91. The van der Waals surface area contributed by atoms with Gasteiger partial charge in [-0.25, -0.2) is 4.39 Å². The van der Waals surface area contributed by atoms with Gasteiger partial charge in [-0.3, -0.25) is 4.57 Å². The summed E-state index contributed by atoms with van der Waals surface area (Å²) >= 11 is 0. The number of allylic oxidation sites excluding steroid dienone is 1. The standard InChI is InChI=1S/C13H16F3O3P/c1-3-18-20(17,19-4-2)13(15,16)10-9-11-5-7-12(14)8-6-11/h5-10H,3-4H2,1-2H3/b10-9+. The van der Waals surface area contributed by atoms with E-state index in [4.69, 9.17) is 0 Å². The van der Waals surface area contributed by atoms with Crippen LogP contribution in [0.4, 0.5) is 13.2 Å². The molecule has 0 heterocycles. The van der Waals surface area contributed by atoms with Crippen molar-refractivity contribution in [2.24, 2.45) is 0 Å². The molecule has 0 aliphatic heterocycles. The highest BCUT2D eigenvalue weighted by molar-refractivity contribution is 7.55. The maximum Gasteiger partial charge on any atom is 0.403 e. The summed E-state index contributed by atoms with van der Waals surface area (Å²) in [6.45, 7) is 2.59. The van der Waals surface area contributed by atoms with Crippen molar-refractivity contribution in [3.05, 3.63) is 41.7 Å². The first-order valence-corrected chi connectivity index (χ1v) is 7.60. The molecule has 1 aromatic rings. The Bertz CT molecular complexity index is 490. The lowest BCUT2D eigenvalue weighted by molar-refractivity contribution is 0.0800. The Morgan fingerprint density at radius 3 is 2.10 bits per heavy atom. The van der Waals surface area contributed by atoms with Crippen LogP contribution in [-0.4, -0.2) is 18.9 Å². The van der Waals surface area contributed by atoms with Gasteiger partial charge in [0.25, 0.3) is 0 Å². The lowest BCUT2D eigenvalue weighted by Gasteiger charge is -2.23. The number of hydrogen-bond donors (Lipinski definition) is 0. The smallest absolute Gasteiger partial charge is 0.304 e. The highest BCUT2D eigenvalue weighted by atomic mass is 31.2. The molecule has 1 aromatic carbocycles. The van der Waals surface area contributed by atoms with E-state index in [0.717, 1.165) is 18.2 Å². The second kappa shape index (κ2) is 7.07. The van der Waals surface area contributed by atoms with Crippen LogP contribution >= 0.6 is 7.60 Å². The predicted octanol–water partition coefficient (Wildman–Crippen LogP) is 4.70. The minimum absolute atomic E-state index is 0.155. The Morgan fingerprint density at radius 1 is 1.15 bits per heavy atom. The molecule has 3 nitrogen and oxygen atoms in total. The van der Waals surface area contributed by atoms with Crippen molar-refractivity contribution in [1.82, 2.24) is 0 Å². The van der Waals surface area contributed by atoms with Crippen LogP contribution in [0, 0.1) is 5.82 Å². The minimum atomic E-state index is -4.56. The Balaban J connectivity index is 2.96. The molecule has 0 aliphatic rings. The largest absolute Gasteiger partial charge is 0.403 e. The Labute approximate surface area is 115 Å². The molecule has 7 heteroatoms. The van der Waals surface area contributed by atoms with Gasteiger partial charge in [0.15, 0.2) is 0 Å². The van der Waals surface area contributed by atoms with Gasteiger partial charge in [0, 0.05) is 0 Å². The summed E-state index contributed by atoms with van der Waals surface area (Å²) in [7, 11) is -4.56. The van der Waals surface area contributed by atoms with Crippen molar-refractivity contribution in [2.45, 2.75) is 19.5 Å². The fourth-order valence-corrected chi connectivity index (χ4v) is 2.77. The second-order valence-electron chi connectivity index (χ2n) is 3.81. The summed E-state index contributed by atoms with van der Waals surface area (Å²) < 4.78 is 61.8. The van der Waals surface area contributed by atoms with E-state index in [1.165, 1.54) is 26.0 Å². The summed E-state index contributed by atoms with van der Waals surface area (Å²) in [5.74, 6) is -0.469. The number of alkyl halides is 2. The van der Waals surface area contributed by atoms with Crippen molar-refractivity contribution >= 4 is 13.7 Å². The predicted molar refractivity (Wildman–Crippen MR) is 71.2 cm³/mol. The highest BCUT2D eigenvalue weighted by Gasteiger charge is 2.51. The Hall–Kier alpha value is -1.10. The number of benzene rings is 1. The molecule has 0 unspecified atom stereocenters. The van der Waals surface area contributed by atoms with Crippen LogP contribution in [0.2, 0.25) is 0 Å². The summed E-state index contributed by atoms with van der Waals surface area (Å²) in [6.07, 6.45) is 1.50. The Morgan fingerprint density at radius 2 is 1.65 bits per heavy atom. The fourth-order valence-electron chi connectivity index (χ4n) is 1.41. The monoisotopic (exact) mass is 308 g/mol. The van der Waals surface area contributed by atoms with E-state index in [1.54, 1.807) is 0 Å². The third kappa shape index (κ3) is 4.20. The molecule has 1 rings (SSSR count). The average molecular weight is 308 g/mol. The number of rotatable bonds is 7. The van der Waals surface area contributed by atoms with Gasteiger partial charge in [0.2, 0.25) is 0 Å². The van der Waals surface area contributed by atoms with Crippen LogP contribution in [0.3, 0.4) is 0 Å². The normalized spacial score (nSPS) is 13.1. The minimum Gasteiger partial charge on any atom is -0.304 e. The highest BCUT2D eigenvalue weighted by Crippen LogP contribution is 2.62. The summed E-state index contributed by atoms with van der Waals surface area (Å²) in [4.78, 5) is 0. The molecule has 0 saturated heterocycles. The van der Waals surface area contributed by atoms with Crippen LogP contribution < -0.4 is 0 Å². The van der Waals surface area contributed by atoms with Crippen LogP contribution in [0.15, 0.2) is 30.3 Å². The van der Waals surface area contributed by atoms with Gasteiger partial charge in [-0.15, -0.1) is 0 Å². The van der Waals surface area contributed by atoms with Gasteiger partial charge < -0.3 is 9.05 Å². The third-order valence-corrected chi connectivity index (χ3v) is 4.39. The van der Waals surface area contributed by atoms with E-state index in [2.05, 4.69) is 9.05 Å². The lowest BCUT2D eigenvalue weighted by atomic mass is 10.2. The SMILES string of the molecule is CCOP(=O)(OCC)C(F)(F)/C=C/c1ccc(F)cc1. The summed E-state index contributed by atoms with van der Waals surface area (Å²) in [5.41, 5.74) is -3.40. The summed E-state index contributed by atoms with van der Waals surface area (Å²) in [6, 6.07) is 4.94. The maximum absolute atomic E-state index is 13.9. The summed E-state index contributed by atoms with van der Waals surface area (Å²) in [5, 5.41) is 0. The molecular weight excluding hydrogens is 292 g/mol. The molecule has 0 N–H and O–H groups in total. The van der Waals surface area contributed by atoms with Crippen LogP contribution in [0.25, 0.3) is 6.08 Å².